The summed E-state index contributed by atoms with van der Waals surface area (Å²) in [5.74, 6) is -0.184. The van der Waals surface area contributed by atoms with Gasteiger partial charge in [0, 0.05) is 47.2 Å². The number of aryl methyl sites for hydroxylation is 1. The van der Waals surface area contributed by atoms with E-state index >= 15 is 0 Å². The first kappa shape index (κ1) is 19.7. The van der Waals surface area contributed by atoms with E-state index in [0.717, 1.165) is 5.69 Å². The van der Waals surface area contributed by atoms with Crippen molar-refractivity contribution in [3.63, 3.8) is 0 Å². The van der Waals surface area contributed by atoms with Gasteiger partial charge in [-0.05, 0) is 25.1 Å². The summed E-state index contributed by atoms with van der Waals surface area (Å²) < 4.78 is 5.26. The second-order valence-electron chi connectivity index (χ2n) is 6.68. The fraction of sp³-hybridized carbons (Fsp3) is 0.143. The number of benzene rings is 1. The Labute approximate surface area is 176 Å². The number of amides is 1. The summed E-state index contributed by atoms with van der Waals surface area (Å²) in [6.45, 7) is 2.12. The maximum Gasteiger partial charge on any atom is 0.267 e. The minimum atomic E-state index is -0.298. The lowest BCUT2D eigenvalue weighted by Gasteiger charge is -2.02. The number of ketones is 1. The Balaban J connectivity index is 1.50. The molecule has 0 spiro atoms. The molecule has 152 valence electrons. The SMILES string of the molecule is Cc1onc(-c2ccc(Cl)cc2)c1C(=O)c1c[nH]c(C(=O)NCCc2cnc[nH]2)c1. The molecular formula is C21H18ClN5O3. The van der Waals surface area contributed by atoms with Gasteiger partial charge in [-0.1, -0.05) is 28.9 Å². The number of hydrogen-bond acceptors (Lipinski definition) is 5. The van der Waals surface area contributed by atoms with Crippen molar-refractivity contribution in [2.24, 2.45) is 0 Å². The van der Waals surface area contributed by atoms with Crippen molar-refractivity contribution in [2.45, 2.75) is 13.3 Å². The Morgan fingerprint density at radius 2 is 2.00 bits per heavy atom. The number of halogens is 1. The van der Waals surface area contributed by atoms with Crippen molar-refractivity contribution in [2.75, 3.05) is 6.54 Å². The van der Waals surface area contributed by atoms with E-state index < -0.39 is 0 Å². The number of carbonyl (C=O) groups is 2. The second-order valence-corrected chi connectivity index (χ2v) is 7.12. The van der Waals surface area contributed by atoms with E-state index in [1.165, 1.54) is 12.3 Å². The first-order valence-electron chi connectivity index (χ1n) is 9.23. The van der Waals surface area contributed by atoms with Crippen LogP contribution in [-0.2, 0) is 6.42 Å². The standard InChI is InChI=1S/C21H18ClN5O3/c1-12-18(19(27-30-12)13-2-4-15(22)5-3-13)20(28)14-8-17(25-9-14)21(29)24-7-6-16-10-23-11-26-16/h2-5,8-11,25H,6-7H2,1H3,(H,23,26)(H,24,29). The zero-order chi connectivity index (χ0) is 21.1. The number of imidazole rings is 1. The summed E-state index contributed by atoms with van der Waals surface area (Å²) in [7, 11) is 0. The van der Waals surface area contributed by atoms with Crippen LogP contribution in [0.1, 0.15) is 37.9 Å². The number of nitrogens with zero attached hydrogens (tertiary/aromatic N) is 2. The smallest absolute Gasteiger partial charge is 0.267 e. The van der Waals surface area contributed by atoms with Crippen molar-refractivity contribution in [3.8, 4) is 11.3 Å². The van der Waals surface area contributed by atoms with Crippen molar-refractivity contribution in [3.05, 3.63) is 82.4 Å². The van der Waals surface area contributed by atoms with Crippen LogP contribution in [0.2, 0.25) is 5.02 Å². The molecular weight excluding hydrogens is 406 g/mol. The molecule has 0 bridgehead atoms. The Morgan fingerprint density at radius 3 is 2.73 bits per heavy atom. The van der Waals surface area contributed by atoms with E-state index in [0.29, 0.717) is 51.8 Å². The van der Waals surface area contributed by atoms with Gasteiger partial charge in [0.2, 0.25) is 0 Å². The Hall–Kier alpha value is -3.65. The molecule has 0 saturated carbocycles. The number of hydrogen-bond donors (Lipinski definition) is 3. The van der Waals surface area contributed by atoms with Gasteiger partial charge in [-0.25, -0.2) is 4.98 Å². The molecule has 0 aliphatic carbocycles. The molecule has 0 aliphatic heterocycles. The first-order valence-corrected chi connectivity index (χ1v) is 9.61. The number of rotatable bonds is 7. The van der Waals surface area contributed by atoms with Gasteiger partial charge in [0.1, 0.15) is 17.1 Å². The van der Waals surface area contributed by atoms with Gasteiger partial charge in [0.05, 0.1) is 11.9 Å². The van der Waals surface area contributed by atoms with Crippen LogP contribution in [0, 0.1) is 6.92 Å². The van der Waals surface area contributed by atoms with Crippen LogP contribution in [0.25, 0.3) is 11.3 Å². The summed E-state index contributed by atoms with van der Waals surface area (Å²) in [5, 5.41) is 7.42. The average molecular weight is 424 g/mol. The van der Waals surface area contributed by atoms with Gasteiger partial charge in [-0.3, -0.25) is 9.59 Å². The third-order valence-corrected chi connectivity index (χ3v) is 4.88. The van der Waals surface area contributed by atoms with Gasteiger partial charge in [-0.15, -0.1) is 0 Å². The highest BCUT2D eigenvalue weighted by Crippen LogP contribution is 2.28. The van der Waals surface area contributed by atoms with Crippen LogP contribution < -0.4 is 5.32 Å². The lowest BCUT2D eigenvalue weighted by molar-refractivity contribution is 0.0949. The van der Waals surface area contributed by atoms with Crippen LogP contribution in [0.3, 0.4) is 0 Å². The molecule has 0 fully saturated rings. The molecule has 3 heterocycles. The summed E-state index contributed by atoms with van der Waals surface area (Å²) in [6, 6.07) is 8.50. The summed E-state index contributed by atoms with van der Waals surface area (Å²) in [6.07, 6.45) is 5.43. The van der Waals surface area contributed by atoms with E-state index in [9.17, 15) is 9.59 Å². The van der Waals surface area contributed by atoms with Gasteiger partial charge in [-0.2, -0.15) is 0 Å². The molecule has 0 atom stereocenters. The fourth-order valence-electron chi connectivity index (χ4n) is 3.07. The third kappa shape index (κ3) is 4.04. The highest BCUT2D eigenvalue weighted by Gasteiger charge is 2.24. The largest absolute Gasteiger partial charge is 0.360 e. The van der Waals surface area contributed by atoms with Crippen molar-refractivity contribution >= 4 is 23.3 Å². The van der Waals surface area contributed by atoms with Gasteiger partial charge in [0.25, 0.3) is 5.91 Å². The van der Waals surface area contributed by atoms with Gasteiger partial charge < -0.3 is 19.8 Å². The molecule has 30 heavy (non-hydrogen) atoms. The van der Waals surface area contributed by atoms with Crippen molar-refractivity contribution in [1.82, 2.24) is 25.4 Å². The second kappa shape index (κ2) is 8.38. The van der Waals surface area contributed by atoms with Crippen LogP contribution in [0.5, 0.6) is 0 Å². The van der Waals surface area contributed by atoms with Crippen molar-refractivity contribution in [1.29, 1.82) is 0 Å². The summed E-state index contributed by atoms with van der Waals surface area (Å²) in [4.78, 5) is 35.2. The predicted molar refractivity (Wildman–Crippen MR) is 111 cm³/mol. The molecule has 3 aromatic heterocycles. The average Bonchev–Trinajstić information content (AvgIpc) is 3.49. The van der Waals surface area contributed by atoms with E-state index in [4.69, 9.17) is 16.1 Å². The molecule has 0 aliphatic rings. The Kier molecular flexibility index (Phi) is 5.49. The van der Waals surface area contributed by atoms with Crippen molar-refractivity contribution < 1.29 is 14.1 Å². The molecule has 0 radical (unpaired) electrons. The molecule has 3 N–H and O–H groups in total. The molecule has 1 amide bonds. The Bertz CT molecular complexity index is 1180. The molecule has 9 heteroatoms. The summed E-state index contributed by atoms with van der Waals surface area (Å²) in [5.41, 5.74) is 3.06. The molecule has 4 aromatic rings. The molecule has 1 aromatic carbocycles. The number of nitrogens with one attached hydrogen (secondary N) is 3. The number of H-pyrrole nitrogens is 2. The predicted octanol–water partition coefficient (Wildman–Crippen LogP) is 3.56. The van der Waals surface area contributed by atoms with E-state index in [1.54, 1.807) is 43.7 Å². The third-order valence-electron chi connectivity index (χ3n) is 4.63. The maximum absolute atomic E-state index is 13.1. The van der Waals surface area contributed by atoms with E-state index in [2.05, 4.69) is 25.4 Å². The number of aromatic amines is 2. The quantitative estimate of drug-likeness (QED) is 0.393. The number of carbonyl (C=O) groups excluding carboxylic acids is 2. The molecule has 0 saturated heterocycles. The van der Waals surface area contributed by atoms with Crippen LogP contribution in [0.15, 0.2) is 53.6 Å². The number of aromatic nitrogens is 4. The fourth-order valence-corrected chi connectivity index (χ4v) is 3.20. The minimum absolute atomic E-state index is 0.286. The lowest BCUT2D eigenvalue weighted by Crippen LogP contribution is -2.26. The topological polar surface area (TPSA) is 117 Å². The highest BCUT2D eigenvalue weighted by atomic mass is 35.5. The van der Waals surface area contributed by atoms with Crippen LogP contribution >= 0.6 is 11.6 Å². The van der Waals surface area contributed by atoms with E-state index in [1.807, 2.05) is 0 Å². The lowest BCUT2D eigenvalue weighted by atomic mass is 9.99. The monoisotopic (exact) mass is 423 g/mol. The van der Waals surface area contributed by atoms with Gasteiger partial charge >= 0.3 is 0 Å². The summed E-state index contributed by atoms with van der Waals surface area (Å²) >= 11 is 5.94. The van der Waals surface area contributed by atoms with Crippen LogP contribution in [-0.4, -0.2) is 38.3 Å². The zero-order valence-corrected chi connectivity index (χ0v) is 16.8. The molecule has 4 rings (SSSR count). The Morgan fingerprint density at radius 1 is 1.20 bits per heavy atom. The zero-order valence-electron chi connectivity index (χ0n) is 16.0. The van der Waals surface area contributed by atoms with Crippen LogP contribution in [0.4, 0.5) is 0 Å². The van der Waals surface area contributed by atoms with Gasteiger partial charge in [0.15, 0.2) is 5.78 Å². The molecule has 8 nitrogen and oxygen atoms in total. The maximum atomic E-state index is 13.1. The molecule has 0 unspecified atom stereocenters. The minimum Gasteiger partial charge on any atom is -0.360 e. The highest BCUT2D eigenvalue weighted by molar-refractivity contribution is 6.30. The van der Waals surface area contributed by atoms with E-state index in [-0.39, 0.29) is 11.7 Å². The normalized spacial score (nSPS) is 10.9. The first-order chi connectivity index (χ1) is 14.5.